The molecule has 112 valence electrons. The molecule has 0 bridgehead atoms. The lowest BCUT2D eigenvalue weighted by atomic mass is 10.1. The number of anilines is 1. The van der Waals surface area contributed by atoms with Crippen molar-refractivity contribution in [2.75, 3.05) is 25.6 Å². The van der Waals surface area contributed by atoms with Gasteiger partial charge < -0.3 is 9.64 Å². The summed E-state index contributed by atoms with van der Waals surface area (Å²) < 4.78 is 19.0. The first-order chi connectivity index (χ1) is 9.95. The number of esters is 1. The van der Waals surface area contributed by atoms with Crippen molar-refractivity contribution in [1.82, 2.24) is 15.4 Å². The summed E-state index contributed by atoms with van der Waals surface area (Å²) in [4.78, 5) is 13.6. The molecule has 0 amide bonds. The summed E-state index contributed by atoms with van der Waals surface area (Å²) in [5, 5.41) is 10.2. The Morgan fingerprint density at radius 1 is 1.43 bits per heavy atom. The van der Waals surface area contributed by atoms with Crippen molar-refractivity contribution in [3.63, 3.8) is 0 Å². The molecule has 0 unspecified atom stereocenters. The van der Waals surface area contributed by atoms with Gasteiger partial charge in [0.1, 0.15) is 11.5 Å². The molecular formula is C13H14BrFN4O2. The predicted molar refractivity (Wildman–Crippen MR) is 79.8 cm³/mol. The average molecular weight is 357 g/mol. The van der Waals surface area contributed by atoms with Gasteiger partial charge in [0.25, 0.3) is 0 Å². The van der Waals surface area contributed by atoms with Gasteiger partial charge in [0.2, 0.25) is 0 Å². The predicted octanol–water partition coefficient (Wildman–Crippen LogP) is 2.62. The van der Waals surface area contributed by atoms with Crippen molar-refractivity contribution in [3.8, 4) is 11.3 Å². The second-order valence-electron chi connectivity index (χ2n) is 4.42. The Labute approximate surface area is 129 Å². The first-order valence-electron chi connectivity index (χ1n) is 6.20. The van der Waals surface area contributed by atoms with Crippen molar-refractivity contribution in [3.05, 3.63) is 28.1 Å². The van der Waals surface area contributed by atoms with Gasteiger partial charge >= 0.3 is 5.97 Å². The molecule has 0 fully saturated rings. The standard InChI is InChI=1S/C13H14BrFN4O2/c1-4-21-13(20)12-11(16-18-17-12)10-8(14)5-7(15)6-9(10)19(2)3/h5-6H,4H2,1-3H3,(H,16,17,18). The molecule has 0 spiro atoms. The molecule has 0 saturated heterocycles. The maximum absolute atomic E-state index is 13.6. The Morgan fingerprint density at radius 3 is 2.76 bits per heavy atom. The van der Waals surface area contributed by atoms with Crippen LogP contribution in [-0.2, 0) is 4.74 Å². The number of hydrogen-bond acceptors (Lipinski definition) is 5. The minimum Gasteiger partial charge on any atom is -0.461 e. The van der Waals surface area contributed by atoms with Crippen molar-refractivity contribution in [2.24, 2.45) is 0 Å². The van der Waals surface area contributed by atoms with Gasteiger partial charge in [-0.25, -0.2) is 9.18 Å². The summed E-state index contributed by atoms with van der Waals surface area (Å²) in [7, 11) is 3.55. The number of benzene rings is 1. The van der Waals surface area contributed by atoms with E-state index in [0.29, 0.717) is 21.4 Å². The van der Waals surface area contributed by atoms with Gasteiger partial charge in [-0.2, -0.15) is 10.3 Å². The molecule has 2 aromatic rings. The zero-order chi connectivity index (χ0) is 15.6. The summed E-state index contributed by atoms with van der Waals surface area (Å²) in [5.41, 5.74) is 1.51. The molecule has 0 saturated carbocycles. The van der Waals surface area contributed by atoms with E-state index in [1.165, 1.54) is 12.1 Å². The molecule has 0 aliphatic rings. The quantitative estimate of drug-likeness (QED) is 0.852. The fourth-order valence-electron chi connectivity index (χ4n) is 1.89. The molecule has 21 heavy (non-hydrogen) atoms. The fraction of sp³-hybridized carbons (Fsp3) is 0.308. The van der Waals surface area contributed by atoms with Crippen LogP contribution in [0.2, 0.25) is 0 Å². The van der Waals surface area contributed by atoms with Crippen LogP contribution in [0.5, 0.6) is 0 Å². The second kappa shape index (κ2) is 6.21. The molecule has 0 radical (unpaired) electrons. The number of nitrogens with one attached hydrogen (secondary N) is 1. The summed E-state index contributed by atoms with van der Waals surface area (Å²) in [6.07, 6.45) is 0. The van der Waals surface area contributed by atoms with Gasteiger partial charge in [-0.3, -0.25) is 0 Å². The van der Waals surface area contributed by atoms with Gasteiger partial charge in [-0.15, -0.1) is 5.10 Å². The van der Waals surface area contributed by atoms with Crippen LogP contribution < -0.4 is 4.90 Å². The largest absolute Gasteiger partial charge is 0.461 e. The third kappa shape index (κ3) is 3.05. The Kier molecular flexibility index (Phi) is 4.56. The van der Waals surface area contributed by atoms with E-state index in [1.807, 2.05) is 0 Å². The van der Waals surface area contributed by atoms with Crippen LogP contribution in [0.15, 0.2) is 16.6 Å². The van der Waals surface area contributed by atoms with Crippen LogP contribution >= 0.6 is 15.9 Å². The Morgan fingerprint density at radius 2 is 2.14 bits per heavy atom. The normalized spacial score (nSPS) is 10.5. The lowest BCUT2D eigenvalue weighted by Gasteiger charge is -2.18. The number of nitrogens with zero attached hydrogens (tertiary/aromatic N) is 3. The van der Waals surface area contributed by atoms with E-state index in [0.717, 1.165) is 0 Å². The minimum atomic E-state index is -0.581. The van der Waals surface area contributed by atoms with E-state index >= 15 is 0 Å². The van der Waals surface area contributed by atoms with E-state index in [2.05, 4.69) is 31.3 Å². The number of aromatic amines is 1. The number of hydrogen-bond donors (Lipinski definition) is 1. The van der Waals surface area contributed by atoms with Crippen molar-refractivity contribution >= 4 is 27.6 Å². The van der Waals surface area contributed by atoms with Crippen LogP contribution in [0.4, 0.5) is 10.1 Å². The number of carbonyl (C=O) groups is 1. The fourth-order valence-corrected chi connectivity index (χ4v) is 2.50. The highest BCUT2D eigenvalue weighted by atomic mass is 79.9. The Bertz CT molecular complexity index is 672. The lowest BCUT2D eigenvalue weighted by Crippen LogP contribution is -2.12. The summed E-state index contributed by atoms with van der Waals surface area (Å²) in [6, 6.07) is 2.68. The van der Waals surface area contributed by atoms with Crippen LogP contribution in [0.1, 0.15) is 17.4 Å². The molecule has 2 rings (SSSR count). The number of carbonyl (C=O) groups excluding carboxylic acids is 1. The highest BCUT2D eigenvalue weighted by Gasteiger charge is 2.24. The van der Waals surface area contributed by atoms with Crippen LogP contribution in [0.25, 0.3) is 11.3 Å². The summed E-state index contributed by atoms with van der Waals surface area (Å²) >= 11 is 3.31. The first kappa shape index (κ1) is 15.4. The Balaban J connectivity index is 2.63. The van der Waals surface area contributed by atoms with E-state index in [9.17, 15) is 9.18 Å². The third-order valence-electron chi connectivity index (χ3n) is 2.77. The molecule has 1 heterocycles. The maximum Gasteiger partial charge on any atom is 0.361 e. The SMILES string of the molecule is CCOC(=O)c1n[nH]nc1-c1c(Br)cc(F)cc1N(C)C. The zero-order valence-electron chi connectivity index (χ0n) is 11.8. The van der Waals surface area contributed by atoms with Gasteiger partial charge in [0, 0.05) is 29.8 Å². The first-order valence-corrected chi connectivity index (χ1v) is 6.99. The average Bonchev–Trinajstić information content (AvgIpc) is 2.86. The summed E-state index contributed by atoms with van der Waals surface area (Å²) in [5.74, 6) is -0.974. The third-order valence-corrected chi connectivity index (χ3v) is 3.39. The molecule has 8 heteroatoms. The number of ether oxygens (including phenoxy) is 1. The maximum atomic E-state index is 13.6. The van der Waals surface area contributed by atoms with E-state index in [4.69, 9.17) is 4.74 Å². The molecule has 0 aliphatic heterocycles. The highest BCUT2D eigenvalue weighted by molar-refractivity contribution is 9.10. The molecular weight excluding hydrogens is 343 g/mol. The van der Waals surface area contributed by atoms with Crippen LogP contribution in [-0.4, -0.2) is 42.1 Å². The molecule has 1 N–H and O–H groups in total. The van der Waals surface area contributed by atoms with Gasteiger partial charge in [0.05, 0.1) is 6.61 Å². The van der Waals surface area contributed by atoms with Crippen LogP contribution in [0, 0.1) is 5.82 Å². The minimum absolute atomic E-state index is 0.0623. The van der Waals surface area contributed by atoms with E-state index < -0.39 is 11.8 Å². The zero-order valence-corrected chi connectivity index (χ0v) is 13.4. The van der Waals surface area contributed by atoms with Gasteiger partial charge in [0.15, 0.2) is 5.69 Å². The number of H-pyrrole nitrogens is 1. The van der Waals surface area contributed by atoms with Crippen molar-refractivity contribution < 1.29 is 13.9 Å². The van der Waals surface area contributed by atoms with Crippen molar-refractivity contribution in [1.29, 1.82) is 0 Å². The summed E-state index contributed by atoms with van der Waals surface area (Å²) in [6.45, 7) is 1.94. The van der Waals surface area contributed by atoms with Gasteiger partial charge in [-0.1, -0.05) is 0 Å². The number of rotatable bonds is 4. The van der Waals surface area contributed by atoms with Crippen molar-refractivity contribution in [2.45, 2.75) is 6.92 Å². The molecule has 0 aliphatic carbocycles. The number of halogens is 2. The molecule has 0 atom stereocenters. The smallest absolute Gasteiger partial charge is 0.361 e. The second-order valence-corrected chi connectivity index (χ2v) is 5.27. The topological polar surface area (TPSA) is 71.1 Å². The lowest BCUT2D eigenvalue weighted by molar-refractivity contribution is 0.0520. The van der Waals surface area contributed by atoms with Crippen LogP contribution in [0.3, 0.4) is 0 Å². The Hall–Kier alpha value is -1.96. The number of aromatic nitrogens is 3. The highest BCUT2D eigenvalue weighted by Crippen LogP contribution is 2.37. The van der Waals surface area contributed by atoms with E-state index in [1.54, 1.807) is 25.9 Å². The van der Waals surface area contributed by atoms with E-state index in [-0.39, 0.29) is 12.3 Å². The molecule has 1 aromatic heterocycles. The molecule has 1 aromatic carbocycles. The van der Waals surface area contributed by atoms with Gasteiger partial charge in [-0.05, 0) is 35.0 Å². The molecule has 6 nitrogen and oxygen atoms in total. The monoisotopic (exact) mass is 356 g/mol.